The van der Waals surface area contributed by atoms with Gasteiger partial charge >= 0.3 is 212 Å². The predicted octanol–water partition coefficient (Wildman–Crippen LogP) is 8.30. The van der Waals surface area contributed by atoms with E-state index in [9.17, 15) is 0 Å². The summed E-state index contributed by atoms with van der Waals surface area (Å²) in [6.07, 6.45) is 0. The zero-order valence-corrected chi connectivity index (χ0v) is 27.6. The van der Waals surface area contributed by atoms with Crippen molar-refractivity contribution in [3.8, 4) is 0 Å². The Kier molecular flexibility index (Phi) is 2.30. The van der Waals surface area contributed by atoms with Crippen molar-refractivity contribution in [1.82, 2.24) is 0 Å². The molecular weight excluding hydrogens is 703 g/mol. The molecule has 0 N–H and O–H groups in total. The van der Waals surface area contributed by atoms with Crippen molar-refractivity contribution in [3.05, 3.63) is 121 Å². The minimum absolute atomic E-state index is 0. The van der Waals surface area contributed by atoms with Gasteiger partial charge in [0.25, 0.3) is 0 Å². The van der Waals surface area contributed by atoms with Crippen molar-refractivity contribution < 1.29 is 26.9 Å². The van der Waals surface area contributed by atoms with Crippen LogP contribution in [0.4, 0.5) is 0 Å². The van der Waals surface area contributed by atoms with Crippen LogP contribution in [-0.2, 0) is 26.9 Å². The van der Waals surface area contributed by atoms with Gasteiger partial charge in [0, 0.05) is 20.4 Å². The average molecular weight is 734 g/mol. The molecule has 6 heteroatoms. The Morgan fingerprint density at radius 2 is 0.625 bits per heavy atom. The standard InChI is InChI=1S/2C17H14P.2ClH.Fe.Pd/c2*1-3-9-15(10-4-1)18(17-13-7-8-14-17)16-11-5-2-6-12-16;;;;/h2*1-14H;2*1H;;. The molecule has 10 heterocycles. The molecule has 4 aromatic carbocycles. The number of hydrogen-bond donors (Lipinski definition) is 0. The second-order valence-electron chi connectivity index (χ2n) is 15.7. The third-order valence-corrected chi connectivity index (χ3v) is 76.1. The Morgan fingerprint density at radius 3 is 0.825 bits per heavy atom. The van der Waals surface area contributed by atoms with Crippen LogP contribution in [0.3, 0.4) is 0 Å². The number of benzene rings is 4. The van der Waals surface area contributed by atoms with Crippen molar-refractivity contribution in [3.63, 3.8) is 0 Å². The molecule has 10 aliphatic heterocycles. The molecular formula is C34H30Cl2FeP2Pd. The Hall–Kier alpha value is -0.498. The van der Waals surface area contributed by atoms with Crippen molar-refractivity contribution in [1.29, 1.82) is 0 Å². The Morgan fingerprint density at radius 1 is 0.400 bits per heavy atom. The summed E-state index contributed by atoms with van der Waals surface area (Å²) in [5.74, 6) is 0. The zero-order chi connectivity index (χ0) is 23.5. The van der Waals surface area contributed by atoms with Crippen molar-refractivity contribution in [2.45, 2.75) is 46.6 Å². The van der Waals surface area contributed by atoms with Gasteiger partial charge in [-0.3, -0.25) is 0 Å². The third-order valence-electron chi connectivity index (χ3n) is 19.4. The van der Waals surface area contributed by atoms with Crippen LogP contribution in [0.25, 0.3) is 0 Å². The number of rotatable bonds is 6. The summed E-state index contributed by atoms with van der Waals surface area (Å²) in [7, 11) is -0.505. The van der Waals surface area contributed by atoms with Crippen LogP contribution < -0.4 is 21.2 Å². The maximum atomic E-state index is 2.54. The first-order valence-corrected chi connectivity index (χ1v) is 23.0. The zero-order valence-electron chi connectivity index (χ0n) is 21.5. The van der Waals surface area contributed by atoms with Crippen LogP contribution in [0, 0.1) is 0 Å². The summed E-state index contributed by atoms with van der Waals surface area (Å²) in [5, 5.41) is 6.87. The second kappa shape index (κ2) is 3.86. The van der Waals surface area contributed by atoms with Gasteiger partial charge in [-0.1, -0.05) is 0 Å². The molecule has 0 nitrogen and oxygen atoms in total. The van der Waals surface area contributed by atoms with Gasteiger partial charge in [-0.25, -0.2) is 0 Å². The summed E-state index contributed by atoms with van der Waals surface area (Å²) in [6, 6.07) is 48.0. The molecule has 0 aromatic heterocycles. The van der Waals surface area contributed by atoms with E-state index in [1.165, 1.54) is 38.5 Å². The molecule has 10 saturated heterocycles. The summed E-state index contributed by atoms with van der Waals surface area (Å²) < 4.78 is 1.60. The topological polar surface area (TPSA) is 0 Å². The Labute approximate surface area is 254 Å². The summed E-state index contributed by atoms with van der Waals surface area (Å²) >= 11 is 0. The quantitative estimate of drug-likeness (QED) is 0.138. The monoisotopic (exact) mass is 732 g/mol. The molecule has 208 valence electrons. The maximum absolute atomic E-state index is 3.82. The number of hydrogen-bond acceptors (Lipinski definition) is 0. The van der Waals surface area contributed by atoms with E-state index in [1.54, 1.807) is 21.2 Å². The molecule has 1 spiro atoms. The SMILES string of the molecule is Cl.Cl.[Pd].c1ccc(P(c2ccccc2)[C]23[CH]4[CH]5[CH]6[CH]2[Fe]56432789[CH]3[CH]2[CH]7[C]8(P(c2ccccc2)c2ccccc2)[CH]39)cc1. The molecule has 0 aliphatic carbocycles. The average Bonchev–Trinajstić information content (AvgIpc) is 3.92. The Bertz CT molecular complexity index is 1930. The van der Waals surface area contributed by atoms with E-state index in [1.807, 2.05) is 0 Å². The third kappa shape index (κ3) is 0.613. The van der Waals surface area contributed by atoms with Gasteiger partial charge in [0.1, 0.15) is 0 Å². The van der Waals surface area contributed by atoms with E-state index in [0.717, 1.165) is 8.11 Å². The molecule has 0 bridgehead atoms. The van der Waals surface area contributed by atoms with Crippen LogP contribution in [0.2, 0.25) is 38.5 Å². The van der Waals surface area contributed by atoms with Gasteiger partial charge in [-0.15, -0.1) is 24.8 Å². The fourth-order valence-corrected chi connectivity index (χ4v) is 126. The van der Waals surface area contributed by atoms with Crippen LogP contribution in [0.1, 0.15) is 0 Å². The summed E-state index contributed by atoms with van der Waals surface area (Å²) in [5.41, 5.74) is 0. The van der Waals surface area contributed by atoms with Crippen LogP contribution >= 0.6 is 40.7 Å². The van der Waals surface area contributed by atoms with Crippen LogP contribution in [0.15, 0.2) is 121 Å². The molecule has 8 atom stereocenters. The predicted molar refractivity (Wildman–Crippen MR) is 168 cm³/mol. The fourth-order valence-electron chi connectivity index (χ4n) is 20.9. The van der Waals surface area contributed by atoms with Gasteiger partial charge < -0.3 is 0 Å². The first kappa shape index (κ1) is 23.9. The van der Waals surface area contributed by atoms with E-state index in [4.69, 9.17) is 0 Å². The van der Waals surface area contributed by atoms with E-state index in [2.05, 4.69) is 121 Å². The van der Waals surface area contributed by atoms with Gasteiger partial charge in [-0.05, 0) is 0 Å². The molecule has 4 aromatic rings. The van der Waals surface area contributed by atoms with Gasteiger partial charge in [-0.2, -0.15) is 0 Å². The summed E-state index contributed by atoms with van der Waals surface area (Å²) in [4.78, 5) is 10.1. The minimum atomic E-state index is -3.82. The molecule has 0 radical (unpaired) electrons. The van der Waals surface area contributed by atoms with Gasteiger partial charge in [0.05, 0.1) is 0 Å². The van der Waals surface area contributed by atoms with Crippen LogP contribution in [0.5, 0.6) is 0 Å². The normalized spacial score (nSPS) is 58.4. The molecule has 10 aliphatic rings. The van der Waals surface area contributed by atoms with Gasteiger partial charge in [0.15, 0.2) is 0 Å². The van der Waals surface area contributed by atoms with E-state index < -0.39 is 6.51 Å². The first-order valence-electron chi connectivity index (χ1n) is 14.1. The first-order chi connectivity index (χ1) is 18.1. The van der Waals surface area contributed by atoms with E-state index in [-0.39, 0.29) is 61.1 Å². The number of halogens is 2. The van der Waals surface area contributed by atoms with Crippen molar-refractivity contribution in [2.24, 2.45) is 0 Å². The van der Waals surface area contributed by atoms with E-state index >= 15 is 0 Å². The molecule has 0 saturated carbocycles. The molecule has 0 amide bonds. The second-order valence-corrected chi connectivity index (χ2v) is 44.6. The molecule has 14 rings (SSSR count). The van der Waals surface area contributed by atoms with Crippen LogP contribution in [-0.4, -0.2) is 8.11 Å². The van der Waals surface area contributed by atoms with Crippen molar-refractivity contribution in [2.75, 3.05) is 0 Å². The number of fused-ring (bicyclic) bond motifs is 10. The Balaban J connectivity index is 0.000000694. The summed E-state index contributed by atoms with van der Waals surface area (Å²) in [6.45, 7) is -3.82. The van der Waals surface area contributed by atoms with Gasteiger partial charge in [0.2, 0.25) is 0 Å². The molecule has 8 unspecified atom stereocenters. The van der Waals surface area contributed by atoms with Crippen molar-refractivity contribution >= 4 is 61.9 Å². The fraction of sp³-hybridized carbons (Fsp3) is 0.294. The molecule has 40 heavy (non-hydrogen) atoms. The van der Waals surface area contributed by atoms with E-state index in [0.29, 0.717) is 0 Å². The molecule has 10 fully saturated rings.